The summed E-state index contributed by atoms with van der Waals surface area (Å²) in [5.74, 6) is 0.633. The number of carbonyl (C=O) groups is 1. The standard InChI is InChI=1S/C18H16N4O3/c1-25-14-5-3-2-4-10(14)9-6-11-12(13(23)7-9)8-20-16-15(11)17(24)22-18(19)21-16/h2-5,8-9H,6-7H2,1H3,(H3,19,20,21,22,24)/t9-/m1/s1. The summed E-state index contributed by atoms with van der Waals surface area (Å²) >= 11 is 0. The van der Waals surface area contributed by atoms with Crippen LogP contribution in [0.15, 0.2) is 35.3 Å². The van der Waals surface area contributed by atoms with Gasteiger partial charge in [-0.2, -0.15) is 4.98 Å². The molecule has 0 radical (unpaired) electrons. The van der Waals surface area contributed by atoms with Gasteiger partial charge in [0.2, 0.25) is 5.95 Å². The van der Waals surface area contributed by atoms with Crippen LogP contribution in [-0.2, 0) is 6.42 Å². The molecule has 0 fully saturated rings. The summed E-state index contributed by atoms with van der Waals surface area (Å²) in [6.07, 6.45) is 2.38. The molecule has 25 heavy (non-hydrogen) atoms. The molecule has 1 aromatic carbocycles. The number of Topliss-reactive ketones (excluding diaryl/α,β-unsaturated/α-hetero) is 1. The molecule has 0 spiro atoms. The van der Waals surface area contributed by atoms with Gasteiger partial charge in [0.25, 0.3) is 5.56 Å². The highest BCUT2D eigenvalue weighted by molar-refractivity contribution is 6.02. The van der Waals surface area contributed by atoms with Crippen LogP contribution in [0.5, 0.6) is 5.75 Å². The van der Waals surface area contributed by atoms with Gasteiger partial charge in [0, 0.05) is 18.2 Å². The van der Waals surface area contributed by atoms with Crippen LogP contribution in [0.3, 0.4) is 0 Å². The lowest BCUT2D eigenvalue weighted by Crippen LogP contribution is -2.23. The van der Waals surface area contributed by atoms with Gasteiger partial charge in [0.15, 0.2) is 11.4 Å². The Kier molecular flexibility index (Phi) is 3.49. The average molecular weight is 336 g/mol. The van der Waals surface area contributed by atoms with E-state index in [2.05, 4.69) is 15.0 Å². The van der Waals surface area contributed by atoms with E-state index in [0.717, 1.165) is 11.3 Å². The predicted molar refractivity (Wildman–Crippen MR) is 93.0 cm³/mol. The van der Waals surface area contributed by atoms with E-state index in [4.69, 9.17) is 10.5 Å². The molecule has 126 valence electrons. The minimum Gasteiger partial charge on any atom is -0.496 e. The number of nitrogen functional groups attached to an aromatic ring is 1. The Morgan fingerprint density at radius 2 is 2.04 bits per heavy atom. The van der Waals surface area contributed by atoms with Crippen molar-refractivity contribution in [1.82, 2.24) is 15.0 Å². The molecule has 7 heteroatoms. The van der Waals surface area contributed by atoms with Gasteiger partial charge >= 0.3 is 0 Å². The molecule has 3 N–H and O–H groups in total. The lowest BCUT2D eigenvalue weighted by Gasteiger charge is -2.25. The van der Waals surface area contributed by atoms with Gasteiger partial charge in [-0.25, -0.2) is 4.98 Å². The minimum atomic E-state index is -0.375. The minimum absolute atomic E-state index is 0.00774. The third-order valence-electron chi connectivity index (χ3n) is 4.62. The van der Waals surface area contributed by atoms with Crippen molar-refractivity contribution in [3.05, 3.63) is 57.5 Å². The number of hydrogen-bond donors (Lipinski definition) is 2. The summed E-state index contributed by atoms with van der Waals surface area (Å²) in [6, 6.07) is 7.62. The van der Waals surface area contributed by atoms with Crippen molar-refractivity contribution in [2.45, 2.75) is 18.8 Å². The Bertz CT molecular complexity index is 1060. The van der Waals surface area contributed by atoms with Gasteiger partial charge in [0.1, 0.15) is 5.75 Å². The quantitative estimate of drug-likeness (QED) is 0.738. The molecular weight excluding hydrogens is 320 g/mol. The number of nitrogens with one attached hydrogen (secondary N) is 1. The zero-order valence-electron chi connectivity index (χ0n) is 13.6. The monoisotopic (exact) mass is 336 g/mol. The van der Waals surface area contributed by atoms with Gasteiger partial charge in [-0.05, 0) is 29.5 Å². The molecule has 0 unspecified atom stereocenters. The van der Waals surface area contributed by atoms with Gasteiger partial charge in [0.05, 0.1) is 12.5 Å². The van der Waals surface area contributed by atoms with Crippen LogP contribution in [-0.4, -0.2) is 27.8 Å². The zero-order valence-corrected chi connectivity index (χ0v) is 13.6. The van der Waals surface area contributed by atoms with Gasteiger partial charge in [-0.3, -0.25) is 14.6 Å². The normalized spacial score (nSPS) is 16.7. The van der Waals surface area contributed by atoms with Crippen LogP contribution in [0.1, 0.15) is 33.8 Å². The Balaban J connectivity index is 1.91. The topological polar surface area (TPSA) is 111 Å². The maximum Gasteiger partial charge on any atom is 0.262 e. The Labute approximate surface area is 142 Å². The number of anilines is 1. The fourth-order valence-electron chi connectivity index (χ4n) is 3.51. The van der Waals surface area contributed by atoms with Crippen LogP contribution >= 0.6 is 0 Å². The highest BCUT2D eigenvalue weighted by Gasteiger charge is 2.30. The SMILES string of the molecule is COc1ccccc1[C@H]1CC(=O)c2cnc3nc(N)[nH]c(=O)c3c2C1. The van der Waals surface area contributed by atoms with Gasteiger partial charge in [-0.15, -0.1) is 0 Å². The van der Waals surface area contributed by atoms with Crippen molar-refractivity contribution in [3.8, 4) is 5.75 Å². The smallest absolute Gasteiger partial charge is 0.262 e. The number of nitrogens with two attached hydrogens (primary N) is 1. The van der Waals surface area contributed by atoms with Crippen molar-refractivity contribution in [3.63, 3.8) is 0 Å². The highest BCUT2D eigenvalue weighted by atomic mass is 16.5. The number of benzene rings is 1. The molecule has 1 atom stereocenters. The summed E-state index contributed by atoms with van der Waals surface area (Å²) < 4.78 is 5.43. The molecule has 3 aromatic rings. The van der Waals surface area contributed by atoms with E-state index in [-0.39, 0.29) is 28.9 Å². The Morgan fingerprint density at radius 3 is 2.84 bits per heavy atom. The first-order chi connectivity index (χ1) is 12.1. The molecule has 7 nitrogen and oxygen atoms in total. The molecule has 0 saturated heterocycles. The molecule has 2 heterocycles. The third kappa shape index (κ3) is 2.44. The average Bonchev–Trinajstić information content (AvgIpc) is 2.60. The van der Waals surface area contributed by atoms with Crippen molar-refractivity contribution in [2.24, 2.45) is 0 Å². The zero-order chi connectivity index (χ0) is 17.6. The van der Waals surface area contributed by atoms with Crippen molar-refractivity contribution in [2.75, 3.05) is 12.8 Å². The first-order valence-corrected chi connectivity index (χ1v) is 7.92. The first kappa shape index (κ1) is 15.3. The number of aromatic amines is 1. The first-order valence-electron chi connectivity index (χ1n) is 7.92. The van der Waals surface area contributed by atoms with Crippen LogP contribution in [0.2, 0.25) is 0 Å². The third-order valence-corrected chi connectivity index (χ3v) is 4.62. The number of nitrogens with zero attached hydrogens (tertiary/aromatic N) is 2. The van der Waals surface area contributed by atoms with Crippen LogP contribution in [0.25, 0.3) is 11.0 Å². The van der Waals surface area contributed by atoms with Crippen LogP contribution in [0.4, 0.5) is 5.95 Å². The molecule has 0 amide bonds. The number of H-pyrrole nitrogens is 1. The second-order valence-corrected chi connectivity index (χ2v) is 6.07. The summed E-state index contributed by atoms with van der Waals surface area (Å²) in [6.45, 7) is 0. The molecule has 2 aromatic heterocycles. The van der Waals surface area contributed by atoms with E-state index < -0.39 is 0 Å². The lowest BCUT2D eigenvalue weighted by molar-refractivity contribution is 0.0964. The maximum atomic E-state index is 12.7. The molecule has 1 aliphatic rings. The van der Waals surface area contributed by atoms with E-state index >= 15 is 0 Å². The molecular formula is C18H16N4O3. The van der Waals surface area contributed by atoms with Crippen LogP contribution in [0, 0.1) is 0 Å². The molecule has 1 aliphatic carbocycles. The number of carbonyl (C=O) groups excluding carboxylic acids is 1. The number of rotatable bonds is 2. The number of fused-ring (bicyclic) bond motifs is 3. The van der Waals surface area contributed by atoms with E-state index in [9.17, 15) is 9.59 Å². The summed E-state index contributed by atoms with van der Waals surface area (Å²) in [4.78, 5) is 35.8. The number of ketones is 1. The number of para-hydroxylation sites is 1. The van der Waals surface area contributed by atoms with E-state index in [1.807, 2.05) is 24.3 Å². The number of ether oxygens (including phenoxy) is 1. The number of pyridine rings is 1. The Morgan fingerprint density at radius 1 is 1.24 bits per heavy atom. The van der Waals surface area contributed by atoms with E-state index in [1.54, 1.807) is 7.11 Å². The van der Waals surface area contributed by atoms with Gasteiger partial charge < -0.3 is 10.5 Å². The maximum absolute atomic E-state index is 12.7. The second kappa shape index (κ2) is 5.70. The van der Waals surface area contributed by atoms with Gasteiger partial charge in [-0.1, -0.05) is 18.2 Å². The molecule has 0 aliphatic heterocycles. The summed E-state index contributed by atoms with van der Waals surface area (Å²) in [5, 5.41) is 0.333. The molecule has 0 bridgehead atoms. The van der Waals surface area contributed by atoms with Crippen molar-refractivity contribution < 1.29 is 9.53 Å². The lowest BCUT2D eigenvalue weighted by atomic mass is 9.79. The summed E-state index contributed by atoms with van der Waals surface area (Å²) in [5.41, 5.74) is 7.58. The second-order valence-electron chi connectivity index (χ2n) is 6.07. The largest absolute Gasteiger partial charge is 0.496 e. The highest BCUT2D eigenvalue weighted by Crippen LogP contribution is 2.38. The van der Waals surface area contributed by atoms with E-state index in [1.165, 1.54) is 6.20 Å². The van der Waals surface area contributed by atoms with Crippen molar-refractivity contribution in [1.29, 1.82) is 0 Å². The number of aromatic nitrogens is 3. The predicted octanol–water partition coefficient (Wildman–Crippen LogP) is 1.82. The van der Waals surface area contributed by atoms with E-state index in [0.29, 0.717) is 29.4 Å². The fraction of sp³-hybridized carbons (Fsp3) is 0.222. The van der Waals surface area contributed by atoms with Crippen LogP contribution < -0.4 is 16.0 Å². The number of methoxy groups -OCH3 is 1. The molecule has 4 rings (SSSR count). The fourth-order valence-corrected chi connectivity index (χ4v) is 3.51. The Hall–Kier alpha value is -3.22. The number of hydrogen-bond acceptors (Lipinski definition) is 6. The van der Waals surface area contributed by atoms with Crippen molar-refractivity contribution >= 4 is 22.8 Å². The summed E-state index contributed by atoms with van der Waals surface area (Å²) in [7, 11) is 1.61. The molecule has 0 saturated carbocycles.